The van der Waals surface area contributed by atoms with Gasteiger partial charge in [-0.15, -0.1) is 0 Å². The van der Waals surface area contributed by atoms with Crippen LogP contribution in [0, 0.1) is 0 Å². The fourth-order valence-electron chi connectivity index (χ4n) is 4.57. The molecule has 3 aromatic rings. The average Bonchev–Trinajstić information content (AvgIpc) is 3.16. The number of benzene rings is 3. The first-order chi connectivity index (χ1) is 17.5. The monoisotopic (exact) mass is 523 g/mol. The van der Waals surface area contributed by atoms with Crippen LogP contribution in [0.1, 0.15) is 36.5 Å². The number of esters is 1. The second-order valence-corrected chi connectivity index (χ2v) is 11.3. The molecule has 194 valence electrons. The van der Waals surface area contributed by atoms with Gasteiger partial charge in [0.1, 0.15) is 18.4 Å². The van der Waals surface area contributed by atoms with Crippen LogP contribution in [0.4, 0.5) is 4.79 Å². The SMILES string of the molecule is CC(C)OC(=O)[C@H](Cc1ccc(O)cc1S(C)(=O)=O)NC(=O)OCC1c2ccccc2-c2ccccc21. The van der Waals surface area contributed by atoms with Gasteiger partial charge in [0.2, 0.25) is 0 Å². The minimum Gasteiger partial charge on any atom is -0.508 e. The lowest BCUT2D eigenvalue weighted by atomic mass is 9.98. The third-order valence-corrected chi connectivity index (χ3v) is 7.33. The quantitative estimate of drug-likeness (QED) is 0.425. The van der Waals surface area contributed by atoms with Crippen LogP contribution in [-0.2, 0) is 30.5 Å². The summed E-state index contributed by atoms with van der Waals surface area (Å²) in [6, 6.07) is 18.5. The van der Waals surface area contributed by atoms with Gasteiger partial charge in [0.25, 0.3) is 0 Å². The zero-order valence-electron chi connectivity index (χ0n) is 20.8. The van der Waals surface area contributed by atoms with E-state index >= 15 is 0 Å². The molecule has 3 aromatic carbocycles. The number of carbonyl (C=O) groups excluding carboxylic acids is 2. The zero-order valence-corrected chi connectivity index (χ0v) is 21.6. The average molecular weight is 524 g/mol. The van der Waals surface area contributed by atoms with Crippen molar-refractivity contribution in [3.8, 4) is 16.9 Å². The molecule has 8 nitrogen and oxygen atoms in total. The van der Waals surface area contributed by atoms with Crippen molar-refractivity contribution >= 4 is 21.9 Å². The van der Waals surface area contributed by atoms with E-state index < -0.39 is 34.0 Å². The van der Waals surface area contributed by atoms with Gasteiger partial charge in [-0.2, -0.15) is 0 Å². The Morgan fingerprint density at radius 3 is 2.14 bits per heavy atom. The lowest BCUT2D eigenvalue weighted by Crippen LogP contribution is -2.44. The Kier molecular flexibility index (Phi) is 7.54. The van der Waals surface area contributed by atoms with Crippen molar-refractivity contribution in [1.29, 1.82) is 0 Å². The van der Waals surface area contributed by atoms with Crippen LogP contribution in [0.15, 0.2) is 71.6 Å². The maximum absolute atomic E-state index is 12.9. The number of amides is 1. The van der Waals surface area contributed by atoms with Crippen LogP contribution in [0.5, 0.6) is 5.75 Å². The van der Waals surface area contributed by atoms with Gasteiger partial charge in [-0.3, -0.25) is 0 Å². The van der Waals surface area contributed by atoms with E-state index in [4.69, 9.17) is 9.47 Å². The number of phenolic OH excluding ortho intramolecular Hbond substituents is 1. The maximum Gasteiger partial charge on any atom is 0.407 e. The molecular formula is C28H29NO7S. The lowest BCUT2D eigenvalue weighted by molar-refractivity contribution is -0.149. The summed E-state index contributed by atoms with van der Waals surface area (Å²) in [7, 11) is -3.71. The second-order valence-electron chi connectivity index (χ2n) is 9.28. The fraction of sp³-hybridized carbons (Fsp3) is 0.286. The molecule has 0 saturated heterocycles. The predicted octanol–water partition coefficient (Wildman–Crippen LogP) is 4.20. The van der Waals surface area contributed by atoms with Crippen LogP contribution in [0.2, 0.25) is 0 Å². The number of carbonyl (C=O) groups is 2. The number of hydrogen-bond donors (Lipinski definition) is 2. The summed E-state index contributed by atoms with van der Waals surface area (Å²) in [5.74, 6) is -1.11. The lowest BCUT2D eigenvalue weighted by Gasteiger charge is -2.21. The van der Waals surface area contributed by atoms with Gasteiger partial charge in [-0.05, 0) is 53.8 Å². The molecule has 0 heterocycles. The molecule has 1 amide bonds. The van der Waals surface area contributed by atoms with E-state index in [1.807, 2.05) is 48.5 Å². The highest BCUT2D eigenvalue weighted by atomic mass is 32.2. The fourth-order valence-corrected chi connectivity index (χ4v) is 5.53. The van der Waals surface area contributed by atoms with Crippen molar-refractivity contribution in [1.82, 2.24) is 5.32 Å². The smallest absolute Gasteiger partial charge is 0.407 e. The van der Waals surface area contributed by atoms with Gasteiger partial charge in [0.15, 0.2) is 9.84 Å². The number of sulfone groups is 1. The predicted molar refractivity (Wildman–Crippen MR) is 138 cm³/mol. The molecular weight excluding hydrogens is 494 g/mol. The summed E-state index contributed by atoms with van der Waals surface area (Å²) >= 11 is 0. The molecule has 0 fully saturated rings. The van der Waals surface area contributed by atoms with Gasteiger partial charge in [0, 0.05) is 18.6 Å². The zero-order chi connectivity index (χ0) is 26.7. The van der Waals surface area contributed by atoms with E-state index in [1.165, 1.54) is 12.1 Å². The van der Waals surface area contributed by atoms with Gasteiger partial charge < -0.3 is 19.9 Å². The van der Waals surface area contributed by atoms with Gasteiger partial charge in [0.05, 0.1) is 11.0 Å². The molecule has 4 rings (SSSR count). The number of aromatic hydroxyl groups is 1. The highest BCUT2D eigenvalue weighted by Gasteiger charge is 2.31. The van der Waals surface area contributed by atoms with E-state index in [0.29, 0.717) is 0 Å². The van der Waals surface area contributed by atoms with Crippen molar-refractivity contribution in [2.45, 2.75) is 43.2 Å². The van der Waals surface area contributed by atoms with Crippen LogP contribution in [-0.4, -0.2) is 50.6 Å². The minimum atomic E-state index is -3.71. The van der Waals surface area contributed by atoms with Crippen LogP contribution in [0.25, 0.3) is 11.1 Å². The van der Waals surface area contributed by atoms with Crippen LogP contribution < -0.4 is 5.32 Å². The molecule has 2 N–H and O–H groups in total. The van der Waals surface area contributed by atoms with Crippen molar-refractivity contribution < 1.29 is 32.6 Å². The largest absolute Gasteiger partial charge is 0.508 e. The number of alkyl carbamates (subject to hydrolysis) is 1. The third-order valence-electron chi connectivity index (χ3n) is 6.15. The minimum absolute atomic E-state index is 0.0552. The van der Waals surface area contributed by atoms with Crippen molar-refractivity contribution in [2.24, 2.45) is 0 Å². The Bertz CT molecular complexity index is 1390. The van der Waals surface area contributed by atoms with E-state index in [-0.39, 0.29) is 35.2 Å². The summed E-state index contributed by atoms with van der Waals surface area (Å²) in [4.78, 5) is 25.5. The molecule has 0 radical (unpaired) electrons. The first-order valence-electron chi connectivity index (χ1n) is 11.9. The third kappa shape index (κ3) is 5.94. The molecule has 0 spiro atoms. The highest BCUT2D eigenvalue weighted by molar-refractivity contribution is 7.90. The standard InChI is InChI=1S/C28H29NO7S/c1-17(2)36-27(31)25(14-18-12-13-19(30)15-26(18)37(3,33)34)29-28(32)35-16-24-22-10-6-4-8-20(22)21-9-5-7-11-23(21)24/h4-13,15,17,24-25,30H,14,16H2,1-3H3,(H,29,32)/t25-/m0/s1. The van der Waals surface area contributed by atoms with Crippen molar-refractivity contribution in [3.63, 3.8) is 0 Å². The Morgan fingerprint density at radius 2 is 1.57 bits per heavy atom. The number of hydrogen-bond acceptors (Lipinski definition) is 7. The normalized spacial score (nSPS) is 13.5. The van der Waals surface area contributed by atoms with E-state index in [1.54, 1.807) is 13.8 Å². The summed E-state index contributed by atoms with van der Waals surface area (Å²) in [5, 5.41) is 12.3. The topological polar surface area (TPSA) is 119 Å². The first-order valence-corrected chi connectivity index (χ1v) is 13.8. The van der Waals surface area contributed by atoms with Crippen molar-refractivity contribution in [2.75, 3.05) is 12.9 Å². The number of fused-ring (bicyclic) bond motifs is 3. The summed E-state index contributed by atoms with van der Waals surface area (Å²) in [6.45, 7) is 3.40. The molecule has 1 aliphatic rings. The Labute approximate surface area is 216 Å². The maximum atomic E-state index is 12.9. The van der Waals surface area contributed by atoms with Gasteiger partial charge in [-0.25, -0.2) is 18.0 Å². The Hall–Kier alpha value is -3.85. The van der Waals surface area contributed by atoms with Gasteiger partial charge >= 0.3 is 12.1 Å². The van der Waals surface area contributed by atoms with E-state index in [2.05, 4.69) is 5.32 Å². The highest BCUT2D eigenvalue weighted by Crippen LogP contribution is 2.44. The van der Waals surface area contributed by atoms with Gasteiger partial charge in [-0.1, -0.05) is 54.6 Å². The number of phenols is 1. The molecule has 0 saturated carbocycles. The molecule has 9 heteroatoms. The molecule has 0 unspecified atom stereocenters. The number of rotatable bonds is 8. The number of nitrogens with one attached hydrogen (secondary N) is 1. The molecule has 0 aromatic heterocycles. The summed E-state index contributed by atoms with van der Waals surface area (Å²) in [5.41, 5.74) is 4.53. The summed E-state index contributed by atoms with van der Waals surface area (Å²) < 4.78 is 35.4. The number of ether oxygens (including phenoxy) is 2. The Balaban J connectivity index is 1.52. The van der Waals surface area contributed by atoms with E-state index in [9.17, 15) is 23.1 Å². The second kappa shape index (κ2) is 10.6. The molecule has 37 heavy (non-hydrogen) atoms. The van der Waals surface area contributed by atoms with E-state index in [0.717, 1.165) is 34.6 Å². The van der Waals surface area contributed by atoms with Crippen LogP contribution >= 0.6 is 0 Å². The molecule has 1 aliphatic carbocycles. The Morgan fingerprint density at radius 1 is 0.973 bits per heavy atom. The molecule has 0 bridgehead atoms. The molecule has 0 aliphatic heterocycles. The van der Waals surface area contributed by atoms with Crippen molar-refractivity contribution in [3.05, 3.63) is 83.4 Å². The van der Waals surface area contributed by atoms with Crippen LogP contribution in [0.3, 0.4) is 0 Å². The first kappa shape index (κ1) is 26.2. The summed E-state index contributed by atoms with van der Waals surface area (Å²) in [6.07, 6.45) is -0.440. The molecule has 1 atom stereocenters.